The van der Waals surface area contributed by atoms with Crippen LogP contribution in [0.15, 0.2) is 48.0 Å². The van der Waals surface area contributed by atoms with E-state index >= 15 is 0 Å². The van der Waals surface area contributed by atoms with Crippen molar-refractivity contribution in [2.75, 3.05) is 53.8 Å². The molecule has 4 aliphatic heterocycles. The topological polar surface area (TPSA) is 190 Å². The number of likely N-dealkylation sites (tertiary alicyclic amines) is 2. The van der Waals surface area contributed by atoms with Crippen LogP contribution in [-0.2, 0) is 14.4 Å². The lowest BCUT2D eigenvalue weighted by molar-refractivity contribution is -0.143. The summed E-state index contributed by atoms with van der Waals surface area (Å²) in [5.41, 5.74) is 3.95. The number of amides is 4. The molecule has 4 aromatic rings. The molecule has 3 atom stereocenters. The van der Waals surface area contributed by atoms with Crippen molar-refractivity contribution >= 4 is 40.4 Å². The second-order valence-electron chi connectivity index (χ2n) is 18.0. The molecule has 6 aliphatic rings. The first kappa shape index (κ1) is 42.6. The standard InChI is InChI=1S/C48H56N8O9/c1-61-35-13-11-29(23-38(35)62-2)41-31-7-3-4-8-32(31)47(59)56(53-41)30-17-21-55(22-18-30)48(60)34(12-16-39(57)54-19-5-6-20-54)52-46(58)33-24-49-44-42(33)50-26-51-43(44)40-36(63-25-28-9-10-28)14-15-37-45(40)65-27-64-37/h11,13-15,23-24,26,28,30-32,34,49H,3-10,12,16-22,25,27H2,1-2H3,(H,52,58)/t31-,32+,34+/m0/s1. The van der Waals surface area contributed by atoms with Crippen LogP contribution in [0.25, 0.3) is 22.3 Å². The van der Waals surface area contributed by atoms with Crippen molar-refractivity contribution in [1.29, 1.82) is 0 Å². The molecular weight excluding hydrogens is 833 g/mol. The molecule has 2 saturated heterocycles. The Labute approximate surface area is 377 Å². The van der Waals surface area contributed by atoms with E-state index in [-0.39, 0.29) is 60.8 Å². The average molecular weight is 889 g/mol. The Hall–Kier alpha value is -6.39. The maximum Gasteiger partial charge on any atom is 0.255 e. The maximum absolute atomic E-state index is 14.6. The Morgan fingerprint density at radius 2 is 1.63 bits per heavy atom. The van der Waals surface area contributed by atoms with Gasteiger partial charge in [0.25, 0.3) is 5.91 Å². The van der Waals surface area contributed by atoms with Crippen LogP contribution in [0.2, 0.25) is 0 Å². The Kier molecular flexibility index (Phi) is 11.9. The molecule has 4 amide bonds. The number of nitrogens with one attached hydrogen (secondary N) is 2. The number of methoxy groups -OCH3 is 2. The van der Waals surface area contributed by atoms with Gasteiger partial charge < -0.3 is 43.8 Å². The second kappa shape index (κ2) is 18.2. The van der Waals surface area contributed by atoms with E-state index in [9.17, 15) is 19.2 Å². The van der Waals surface area contributed by atoms with Crippen molar-refractivity contribution in [2.45, 2.75) is 89.1 Å². The van der Waals surface area contributed by atoms with Crippen LogP contribution in [-0.4, -0.2) is 125 Å². The van der Waals surface area contributed by atoms with E-state index in [2.05, 4.69) is 20.3 Å². The minimum atomic E-state index is -0.989. The summed E-state index contributed by atoms with van der Waals surface area (Å²) in [4.78, 5) is 72.3. The van der Waals surface area contributed by atoms with Crippen LogP contribution in [0.5, 0.6) is 28.7 Å². The highest BCUT2D eigenvalue weighted by Gasteiger charge is 2.44. The molecule has 2 N–H and O–H groups in total. The van der Waals surface area contributed by atoms with Crippen LogP contribution >= 0.6 is 0 Å². The van der Waals surface area contributed by atoms with Crippen LogP contribution in [0.4, 0.5) is 0 Å². The summed E-state index contributed by atoms with van der Waals surface area (Å²) in [7, 11) is 3.21. The predicted molar refractivity (Wildman–Crippen MR) is 238 cm³/mol. The maximum atomic E-state index is 14.6. The molecule has 0 bridgehead atoms. The van der Waals surface area contributed by atoms with E-state index in [1.54, 1.807) is 30.3 Å². The van der Waals surface area contributed by atoms with E-state index in [1.165, 1.54) is 6.33 Å². The second-order valence-corrected chi connectivity index (χ2v) is 18.0. The van der Waals surface area contributed by atoms with E-state index in [4.69, 9.17) is 28.8 Å². The van der Waals surface area contributed by atoms with E-state index in [0.29, 0.717) is 103 Å². The summed E-state index contributed by atoms with van der Waals surface area (Å²) >= 11 is 0. The quantitative estimate of drug-likeness (QED) is 0.158. The molecule has 342 valence electrons. The van der Waals surface area contributed by atoms with Gasteiger partial charge >= 0.3 is 0 Å². The van der Waals surface area contributed by atoms with Crippen molar-refractivity contribution in [3.63, 3.8) is 0 Å². The molecule has 2 aliphatic carbocycles. The zero-order valence-electron chi connectivity index (χ0n) is 37.0. The van der Waals surface area contributed by atoms with Gasteiger partial charge in [-0.25, -0.2) is 15.0 Å². The molecule has 0 unspecified atom stereocenters. The van der Waals surface area contributed by atoms with Crippen LogP contribution in [0.3, 0.4) is 0 Å². The molecule has 2 aromatic carbocycles. The van der Waals surface area contributed by atoms with E-state index in [1.807, 2.05) is 35.2 Å². The number of rotatable bonds is 14. The molecule has 0 spiro atoms. The number of hydrogen-bond acceptors (Lipinski definition) is 12. The number of fused-ring (bicyclic) bond motifs is 3. The number of aromatic nitrogens is 3. The average Bonchev–Trinajstić information content (AvgIpc) is 3.66. The number of hydrogen-bond donors (Lipinski definition) is 2. The van der Waals surface area contributed by atoms with Crippen molar-refractivity contribution in [3.05, 3.63) is 54.0 Å². The Morgan fingerprint density at radius 1 is 0.862 bits per heavy atom. The number of benzene rings is 2. The minimum Gasteiger partial charge on any atom is -0.493 e. The van der Waals surface area contributed by atoms with Crippen LogP contribution < -0.4 is 29.0 Å². The number of hydrazone groups is 1. The highest BCUT2D eigenvalue weighted by molar-refractivity contribution is 6.09. The third-order valence-electron chi connectivity index (χ3n) is 14.0. The fourth-order valence-corrected chi connectivity index (χ4v) is 10.2. The van der Waals surface area contributed by atoms with Crippen molar-refractivity contribution in [3.8, 4) is 40.0 Å². The first-order valence-corrected chi connectivity index (χ1v) is 23.2. The summed E-state index contributed by atoms with van der Waals surface area (Å²) in [6.45, 7) is 2.72. The lowest BCUT2D eigenvalue weighted by Crippen LogP contribution is -2.55. The number of nitrogens with zero attached hydrogens (tertiary/aromatic N) is 6. The van der Waals surface area contributed by atoms with Crippen molar-refractivity contribution < 1.29 is 42.9 Å². The first-order chi connectivity index (χ1) is 31.8. The predicted octanol–water partition coefficient (Wildman–Crippen LogP) is 5.70. The van der Waals surface area contributed by atoms with Crippen molar-refractivity contribution in [2.24, 2.45) is 22.9 Å². The minimum absolute atomic E-state index is 0.0150. The van der Waals surface area contributed by atoms with Gasteiger partial charge in [0.15, 0.2) is 23.0 Å². The van der Waals surface area contributed by atoms with Gasteiger partial charge in [0, 0.05) is 56.2 Å². The highest BCUT2D eigenvalue weighted by atomic mass is 16.7. The van der Waals surface area contributed by atoms with Crippen molar-refractivity contribution in [1.82, 2.24) is 35.1 Å². The summed E-state index contributed by atoms with van der Waals surface area (Å²) in [6, 6.07) is 8.25. The Balaban J connectivity index is 0.882. The number of ether oxygens (including phenoxy) is 5. The van der Waals surface area contributed by atoms with Gasteiger partial charge in [0.2, 0.25) is 24.5 Å². The van der Waals surface area contributed by atoms with Crippen LogP contribution in [0, 0.1) is 17.8 Å². The van der Waals surface area contributed by atoms with E-state index < -0.39 is 11.9 Å². The molecule has 2 aromatic heterocycles. The Bertz CT molecular complexity index is 2510. The number of carbonyl (C=O) groups excluding carboxylic acids is 4. The lowest BCUT2D eigenvalue weighted by Gasteiger charge is -2.43. The first-order valence-electron chi connectivity index (χ1n) is 23.2. The fourth-order valence-electron chi connectivity index (χ4n) is 10.2. The van der Waals surface area contributed by atoms with Gasteiger partial charge in [-0.15, -0.1) is 0 Å². The highest BCUT2D eigenvalue weighted by Crippen LogP contribution is 2.48. The monoisotopic (exact) mass is 888 g/mol. The normalized spacial score (nSPS) is 21.2. The molecule has 0 radical (unpaired) electrons. The molecule has 4 fully saturated rings. The number of piperidine rings is 1. The van der Waals surface area contributed by atoms with Gasteiger partial charge in [0.1, 0.15) is 29.3 Å². The number of carbonyl (C=O) groups is 4. The third kappa shape index (κ3) is 8.40. The molecule has 17 heteroatoms. The molecular formula is C48H56N8O9. The summed E-state index contributed by atoms with van der Waals surface area (Å²) in [6.07, 6.45) is 12.1. The van der Waals surface area contributed by atoms with Gasteiger partial charge in [0.05, 0.1) is 49.2 Å². The lowest BCUT2D eigenvalue weighted by atomic mass is 9.73. The van der Waals surface area contributed by atoms with Crippen LogP contribution in [0.1, 0.15) is 93.0 Å². The van der Waals surface area contributed by atoms with Gasteiger partial charge in [-0.2, -0.15) is 5.10 Å². The molecule has 10 rings (SSSR count). The third-order valence-corrected chi connectivity index (χ3v) is 14.0. The number of aromatic amines is 1. The Morgan fingerprint density at radius 3 is 2.40 bits per heavy atom. The summed E-state index contributed by atoms with van der Waals surface area (Å²) < 4.78 is 29.0. The summed E-state index contributed by atoms with van der Waals surface area (Å²) in [5.74, 6) is 2.46. The van der Waals surface area contributed by atoms with E-state index in [0.717, 1.165) is 62.6 Å². The molecule has 2 saturated carbocycles. The SMILES string of the molecule is COc1ccc(C2=NN(C3CCN(C(=O)[C@@H](CCC(=O)N4CCCC4)NC(=O)c4c[nH]c5c(-c6c(OCC7CC7)ccc7c6OCO7)ncnc45)CC3)C(=O)[C@@H]3CCCC[C@H]23)cc1OC. The van der Waals surface area contributed by atoms with Gasteiger partial charge in [-0.05, 0) is 94.0 Å². The molecule has 6 heterocycles. The fraction of sp³-hybridized carbons (Fsp3) is 0.521. The van der Waals surface area contributed by atoms with Gasteiger partial charge in [-0.1, -0.05) is 12.8 Å². The largest absolute Gasteiger partial charge is 0.493 e. The summed E-state index contributed by atoms with van der Waals surface area (Å²) in [5, 5.41) is 9.78. The number of H-pyrrole nitrogens is 1. The zero-order chi connectivity index (χ0) is 44.6. The molecule has 17 nitrogen and oxygen atoms in total. The molecule has 65 heavy (non-hydrogen) atoms. The van der Waals surface area contributed by atoms with Gasteiger partial charge in [-0.3, -0.25) is 19.2 Å². The smallest absolute Gasteiger partial charge is 0.255 e. The zero-order valence-corrected chi connectivity index (χ0v) is 37.0.